The summed E-state index contributed by atoms with van der Waals surface area (Å²) < 4.78 is 11.3. The summed E-state index contributed by atoms with van der Waals surface area (Å²) in [5.41, 5.74) is 1.70. The number of furan rings is 1. The Morgan fingerprint density at radius 2 is 1.68 bits per heavy atom. The molecule has 0 aliphatic carbocycles. The molecular formula is C27H29ClN2O4. The molecule has 1 fully saturated rings. The summed E-state index contributed by atoms with van der Waals surface area (Å²) in [5, 5.41) is -0.872. The summed E-state index contributed by atoms with van der Waals surface area (Å²) >= 11 is 6.57. The fourth-order valence-electron chi connectivity index (χ4n) is 4.08. The number of carbonyl (C=O) groups excluding carboxylic acids is 2. The topological polar surface area (TPSA) is 63.0 Å². The van der Waals surface area contributed by atoms with Crippen molar-refractivity contribution in [2.24, 2.45) is 0 Å². The van der Waals surface area contributed by atoms with Crippen LogP contribution in [0.4, 0.5) is 0 Å². The van der Waals surface area contributed by atoms with Crippen LogP contribution < -0.4 is 0 Å². The van der Waals surface area contributed by atoms with Crippen LogP contribution in [0.5, 0.6) is 0 Å². The second-order valence-corrected chi connectivity index (χ2v) is 8.88. The van der Waals surface area contributed by atoms with Gasteiger partial charge in [0.25, 0.3) is 0 Å². The SMILES string of the molecule is O=C(CN(CC1CCCO1)C(=O)C(Cl)c1ccccc1)N(Cc1ccccc1)Cc1ccco1. The number of rotatable bonds is 10. The standard InChI is InChI=1S/C27H29ClN2O4/c28-26(22-11-5-2-6-12-22)27(32)30(19-24-14-8-16-34-24)20-25(31)29(18-23-13-7-15-33-23)17-21-9-3-1-4-10-21/h1-7,9-13,15,24,26H,8,14,16-20H2. The van der Waals surface area contributed by atoms with Gasteiger partial charge < -0.3 is 19.0 Å². The molecular weight excluding hydrogens is 452 g/mol. The van der Waals surface area contributed by atoms with Gasteiger partial charge in [-0.2, -0.15) is 0 Å². The number of nitrogens with zero attached hydrogens (tertiary/aromatic N) is 2. The van der Waals surface area contributed by atoms with E-state index in [1.54, 1.807) is 22.1 Å². The third-order valence-corrected chi connectivity index (χ3v) is 6.33. The van der Waals surface area contributed by atoms with E-state index in [0.29, 0.717) is 37.6 Å². The van der Waals surface area contributed by atoms with Crippen LogP contribution in [0.2, 0.25) is 0 Å². The zero-order valence-electron chi connectivity index (χ0n) is 19.0. The quantitative estimate of drug-likeness (QED) is 0.391. The van der Waals surface area contributed by atoms with E-state index >= 15 is 0 Å². The van der Waals surface area contributed by atoms with Crippen molar-refractivity contribution in [1.29, 1.82) is 0 Å². The Morgan fingerprint density at radius 3 is 2.32 bits per heavy atom. The number of alkyl halides is 1. The van der Waals surface area contributed by atoms with Gasteiger partial charge in [-0.25, -0.2) is 0 Å². The van der Waals surface area contributed by atoms with E-state index in [0.717, 1.165) is 18.4 Å². The lowest BCUT2D eigenvalue weighted by Gasteiger charge is -2.30. The van der Waals surface area contributed by atoms with Crippen LogP contribution in [-0.4, -0.2) is 47.4 Å². The first kappa shape index (κ1) is 24.0. The molecule has 0 N–H and O–H groups in total. The van der Waals surface area contributed by atoms with Gasteiger partial charge in [0.05, 0.1) is 25.5 Å². The van der Waals surface area contributed by atoms with Crippen LogP contribution in [0.25, 0.3) is 0 Å². The molecule has 0 spiro atoms. The fourth-order valence-corrected chi connectivity index (χ4v) is 4.36. The monoisotopic (exact) mass is 480 g/mol. The minimum Gasteiger partial charge on any atom is -0.467 e. The normalized spacial score (nSPS) is 16.2. The highest BCUT2D eigenvalue weighted by Gasteiger charge is 2.30. The van der Waals surface area contributed by atoms with Crippen LogP contribution in [0, 0.1) is 0 Å². The summed E-state index contributed by atoms with van der Waals surface area (Å²) in [6.07, 6.45) is 3.30. The molecule has 6 nitrogen and oxygen atoms in total. The van der Waals surface area contributed by atoms with Crippen molar-refractivity contribution in [3.05, 3.63) is 95.9 Å². The van der Waals surface area contributed by atoms with E-state index < -0.39 is 5.38 Å². The third-order valence-electron chi connectivity index (χ3n) is 5.89. The maximum Gasteiger partial charge on any atom is 0.245 e. The first-order valence-electron chi connectivity index (χ1n) is 11.5. The van der Waals surface area contributed by atoms with Crippen LogP contribution >= 0.6 is 11.6 Å². The van der Waals surface area contributed by atoms with E-state index in [9.17, 15) is 9.59 Å². The average Bonchev–Trinajstić information content (AvgIpc) is 3.58. The number of ether oxygens (including phenoxy) is 1. The van der Waals surface area contributed by atoms with E-state index in [2.05, 4.69) is 0 Å². The molecule has 0 radical (unpaired) electrons. The Bertz CT molecular complexity index is 1040. The van der Waals surface area contributed by atoms with E-state index in [1.165, 1.54) is 0 Å². The van der Waals surface area contributed by atoms with Gasteiger partial charge in [-0.3, -0.25) is 9.59 Å². The van der Waals surface area contributed by atoms with Gasteiger partial charge >= 0.3 is 0 Å². The predicted octanol–water partition coefficient (Wildman–Crippen LogP) is 4.80. The van der Waals surface area contributed by atoms with Crippen molar-refractivity contribution in [3.63, 3.8) is 0 Å². The van der Waals surface area contributed by atoms with Gasteiger partial charge in [-0.1, -0.05) is 60.7 Å². The van der Waals surface area contributed by atoms with Crippen molar-refractivity contribution < 1.29 is 18.7 Å². The zero-order valence-corrected chi connectivity index (χ0v) is 19.8. The molecule has 34 heavy (non-hydrogen) atoms. The molecule has 1 saturated heterocycles. The Labute approximate surface area is 205 Å². The molecule has 1 aromatic heterocycles. The number of benzene rings is 2. The van der Waals surface area contributed by atoms with Gasteiger partial charge in [-0.05, 0) is 36.1 Å². The highest BCUT2D eigenvalue weighted by molar-refractivity contribution is 6.30. The lowest BCUT2D eigenvalue weighted by molar-refractivity contribution is -0.142. The Kier molecular flexibility index (Phi) is 8.39. The molecule has 7 heteroatoms. The first-order valence-corrected chi connectivity index (χ1v) is 12.0. The molecule has 2 heterocycles. The highest BCUT2D eigenvalue weighted by atomic mass is 35.5. The summed E-state index contributed by atoms with van der Waals surface area (Å²) in [6, 6.07) is 22.6. The Morgan fingerprint density at radius 1 is 0.941 bits per heavy atom. The maximum absolute atomic E-state index is 13.5. The van der Waals surface area contributed by atoms with Gasteiger partial charge in [0.15, 0.2) is 0 Å². The molecule has 0 bridgehead atoms. The van der Waals surface area contributed by atoms with Crippen LogP contribution in [0.3, 0.4) is 0 Å². The van der Waals surface area contributed by atoms with E-state index in [1.807, 2.05) is 66.7 Å². The van der Waals surface area contributed by atoms with Crippen LogP contribution in [0.1, 0.15) is 35.1 Å². The van der Waals surface area contributed by atoms with Gasteiger partial charge in [0.2, 0.25) is 11.8 Å². The summed E-state index contributed by atoms with van der Waals surface area (Å²) in [4.78, 5) is 30.2. The minimum absolute atomic E-state index is 0.0811. The summed E-state index contributed by atoms with van der Waals surface area (Å²) in [5.74, 6) is 0.207. The zero-order chi connectivity index (χ0) is 23.8. The van der Waals surface area contributed by atoms with Crippen molar-refractivity contribution in [3.8, 4) is 0 Å². The van der Waals surface area contributed by atoms with Crippen LogP contribution in [0.15, 0.2) is 83.5 Å². The number of carbonyl (C=O) groups is 2. The lowest BCUT2D eigenvalue weighted by Crippen LogP contribution is -2.46. The average molecular weight is 481 g/mol. The molecule has 178 valence electrons. The van der Waals surface area contributed by atoms with Crippen molar-refractivity contribution in [2.75, 3.05) is 19.7 Å². The molecule has 3 aromatic rings. The molecule has 1 aliphatic heterocycles. The molecule has 2 atom stereocenters. The summed E-state index contributed by atoms with van der Waals surface area (Å²) in [7, 11) is 0. The first-order chi connectivity index (χ1) is 16.6. The largest absolute Gasteiger partial charge is 0.467 e. The second kappa shape index (κ2) is 11.9. The van der Waals surface area contributed by atoms with Gasteiger partial charge in [-0.15, -0.1) is 11.6 Å². The van der Waals surface area contributed by atoms with E-state index in [-0.39, 0.29) is 24.5 Å². The molecule has 0 saturated carbocycles. The van der Waals surface area contributed by atoms with Crippen molar-refractivity contribution in [1.82, 2.24) is 9.80 Å². The maximum atomic E-state index is 13.5. The molecule has 4 rings (SSSR count). The van der Waals surface area contributed by atoms with Gasteiger partial charge in [0.1, 0.15) is 11.1 Å². The number of hydrogen-bond acceptors (Lipinski definition) is 4. The van der Waals surface area contributed by atoms with Crippen molar-refractivity contribution in [2.45, 2.75) is 37.4 Å². The van der Waals surface area contributed by atoms with Crippen molar-refractivity contribution >= 4 is 23.4 Å². The van der Waals surface area contributed by atoms with Crippen LogP contribution in [-0.2, 0) is 27.4 Å². The molecule has 2 unspecified atom stereocenters. The predicted molar refractivity (Wildman–Crippen MR) is 130 cm³/mol. The van der Waals surface area contributed by atoms with E-state index in [4.69, 9.17) is 20.8 Å². The number of amides is 2. The Balaban J connectivity index is 1.52. The second-order valence-electron chi connectivity index (χ2n) is 8.44. The molecule has 2 aromatic carbocycles. The lowest BCUT2D eigenvalue weighted by atomic mass is 10.1. The molecule has 2 amide bonds. The minimum atomic E-state index is -0.872. The number of halogens is 1. The summed E-state index contributed by atoms with van der Waals surface area (Å²) in [6.45, 7) is 1.64. The Hall–Kier alpha value is -3.09. The molecule has 1 aliphatic rings. The van der Waals surface area contributed by atoms with Gasteiger partial charge in [0, 0.05) is 19.7 Å². The highest BCUT2D eigenvalue weighted by Crippen LogP contribution is 2.24. The third kappa shape index (κ3) is 6.49. The smallest absolute Gasteiger partial charge is 0.245 e. The fraction of sp³-hybridized carbons (Fsp3) is 0.333. The number of hydrogen-bond donors (Lipinski definition) is 0.